The summed E-state index contributed by atoms with van der Waals surface area (Å²) in [7, 11) is 0. The highest BCUT2D eigenvalue weighted by molar-refractivity contribution is 5.90. The van der Waals surface area contributed by atoms with Crippen LogP contribution in [0, 0.1) is 19.7 Å². The lowest BCUT2D eigenvalue weighted by Crippen LogP contribution is -2.04. The van der Waals surface area contributed by atoms with Crippen LogP contribution in [-0.4, -0.2) is 10.2 Å². The molecular weight excluding hydrogens is 265 g/mol. The van der Waals surface area contributed by atoms with Crippen LogP contribution in [0.1, 0.15) is 16.7 Å². The SMILES string of the molecule is Cc1cc(CNc2nncc3ccccc23)cc(C)c1F. The van der Waals surface area contributed by atoms with Crippen molar-refractivity contribution in [3.05, 3.63) is 65.1 Å². The maximum Gasteiger partial charge on any atom is 0.156 e. The summed E-state index contributed by atoms with van der Waals surface area (Å²) in [5, 5.41) is 13.5. The molecule has 0 fully saturated rings. The first kappa shape index (κ1) is 13.5. The second-order valence-corrected chi connectivity index (χ2v) is 5.18. The number of aryl methyl sites for hydroxylation is 2. The minimum Gasteiger partial charge on any atom is -0.364 e. The molecular formula is C17H16FN3. The summed E-state index contributed by atoms with van der Waals surface area (Å²) in [5.74, 6) is 0.608. The number of anilines is 1. The molecule has 0 radical (unpaired) electrons. The van der Waals surface area contributed by atoms with Gasteiger partial charge in [-0.1, -0.05) is 36.4 Å². The lowest BCUT2D eigenvalue weighted by Gasteiger charge is -2.10. The van der Waals surface area contributed by atoms with Crippen LogP contribution < -0.4 is 5.32 Å². The molecule has 3 aromatic rings. The number of fused-ring (bicyclic) bond motifs is 1. The van der Waals surface area contributed by atoms with E-state index >= 15 is 0 Å². The normalized spacial score (nSPS) is 10.8. The number of hydrogen-bond donors (Lipinski definition) is 1. The fourth-order valence-electron chi connectivity index (χ4n) is 2.48. The molecule has 3 nitrogen and oxygen atoms in total. The second kappa shape index (κ2) is 5.48. The van der Waals surface area contributed by atoms with E-state index in [2.05, 4.69) is 15.5 Å². The summed E-state index contributed by atoms with van der Waals surface area (Å²) in [6.45, 7) is 4.15. The highest BCUT2D eigenvalue weighted by atomic mass is 19.1. The summed E-state index contributed by atoms with van der Waals surface area (Å²) >= 11 is 0. The molecule has 0 amide bonds. The molecule has 0 unspecified atom stereocenters. The van der Waals surface area contributed by atoms with Gasteiger partial charge in [0.15, 0.2) is 5.82 Å². The maximum absolute atomic E-state index is 13.6. The van der Waals surface area contributed by atoms with Crippen LogP contribution >= 0.6 is 0 Å². The van der Waals surface area contributed by atoms with Crippen molar-refractivity contribution in [2.24, 2.45) is 0 Å². The van der Waals surface area contributed by atoms with E-state index in [4.69, 9.17) is 0 Å². The largest absolute Gasteiger partial charge is 0.364 e. The zero-order valence-corrected chi connectivity index (χ0v) is 12.0. The summed E-state index contributed by atoms with van der Waals surface area (Å²) in [5.41, 5.74) is 2.35. The van der Waals surface area contributed by atoms with Gasteiger partial charge in [-0.05, 0) is 30.5 Å². The Labute approximate surface area is 122 Å². The highest BCUT2D eigenvalue weighted by Gasteiger charge is 2.06. The van der Waals surface area contributed by atoms with Gasteiger partial charge in [0.05, 0.1) is 6.20 Å². The lowest BCUT2D eigenvalue weighted by molar-refractivity contribution is 0.608. The van der Waals surface area contributed by atoms with Gasteiger partial charge in [0, 0.05) is 17.3 Å². The molecule has 0 aliphatic heterocycles. The lowest BCUT2D eigenvalue weighted by atomic mass is 10.1. The third-order valence-electron chi connectivity index (χ3n) is 3.53. The minimum absolute atomic E-state index is 0.135. The van der Waals surface area contributed by atoms with E-state index in [9.17, 15) is 4.39 Å². The average molecular weight is 281 g/mol. The quantitative estimate of drug-likeness (QED) is 0.788. The number of rotatable bonds is 3. The second-order valence-electron chi connectivity index (χ2n) is 5.18. The molecule has 0 saturated heterocycles. The van der Waals surface area contributed by atoms with Gasteiger partial charge in [-0.3, -0.25) is 0 Å². The molecule has 106 valence electrons. The summed E-state index contributed by atoms with van der Waals surface area (Å²) in [6, 6.07) is 11.7. The van der Waals surface area contributed by atoms with E-state index in [1.54, 1.807) is 20.0 Å². The standard InChI is InChI=1S/C17H16FN3/c1-11-7-13(8-12(2)16(11)18)9-19-17-15-6-4-3-5-14(15)10-20-21-17/h3-8,10H,9H2,1-2H3,(H,19,21). The van der Waals surface area contributed by atoms with Gasteiger partial charge in [0.1, 0.15) is 5.82 Å². The minimum atomic E-state index is -0.135. The van der Waals surface area contributed by atoms with E-state index in [-0.39, 0.29) is 5.82 Å². The van der Waals surface area contributed by atoms with Crippen LogP contribution in [0.15, 0.2) is 42.6 Å². The molecule has 1 heterocycles. The zero-order valence-electron chi connectivity index (χ0n) is 12.0. The predicted octanol–water partition coefficient (Wildman–Crippen LogP) is 4.00. The number of benzene rings is 2. The third-order valence-corrected chi connectivity index (χ3v) is 3.53. The molecule has 0 aliphatic carbocycles. The van der Waals surface area contributed by atoms with Gasteiger partial charge >= 0.3 is 0 Å². The first-order valence-electron chi connectivity index (χ1n) is 6.85. The Hall–Kier alpha value is -2.49. The Morgan fingerprint density at radius 2 is 1.81 bits per heavy atom. The molecule has 2 aromatic carbocycles. The molecule has 21 heavy (non-hydrogen) atoms. The van der Waals surface area contributed by atoms with E-state index < -0.39 is 0 Å². The van der Waals surface area contributed by atoms with Crippen LogP contribution in [0.4, 0.5) is 10.2 Å². The fraction of sp³-hybridized carbons (Fsp3) is 0.176. The van der Waals surface area contributed by atoms with Crippen molar-refractivity contribution in [1.82, 2.24) is 10.2 Å². The van der Waals surface area contributed by atoms with Gasteiger partial charge in [-0.15, -0.1) is 5.10 Å². The van der Waals surface area contributed by atoms with Gasteiger partial charge in [-0.2, -0.15) is 5.10 Å². The average Bonchev–Trinajstić information content (AvgIpc) is 2.50. The molecule has 0 bridgehead atoms. The Kier molecular flexibility index (Phi) is 3.52. The topological polar surface area (TPSA) is 37.8 Å². The van der Waals surface area contributed by atoms with Crippen LogP contribution in [0.25, 0.3) is 10.8 Å². The Morgan fingerprint density at radius 3 is 2.57 bits per heavy atom. The van der Waals surface area contributed by atoms with Crippen LogP contribution in [0.3, 0.4) is 0 Å². The van der Waals surface area contributed by atoms with Crippen LogP contribution in [-0.2, 0) is 6.54 Å². The van der Waals surface area contributed by atoms with Gasteiger partial charge in [0.25, 0.3) is 0 Å². The van der Waals surface area contributed by atoms with Crippen molar-refractivity contribution in [1.29, 1.82) is 0 Å². The molecule has 0 aliphatic rings. The van der Waals surface area contributed by atoms with Gasteiger partial charge < -0.3 is 5.32 Å². The number of nitrogens with one attached hydrogen (secondary N) is 1. The maximum atomic E-state index is 13.6. The Morgan fingerprint density at radius 1 is 1.10 bits per heavy atom. The summed E-state index contributed by atoms with van der Waals surface area (Å²) in [4.78, 5) is 0. The smallest absolute Gasteiger partial charge is 0.156 e. The number of halogens is 1. The van der Waals surface area contributed by atoms with Crippen molar-refractivity contribution < 1.29 is 4.39 Å². The van der Waals surface area contributed by atoms with Crippen molar-refractivity contribution in [2.75, 3.05) is 5.32 Å². The van der Waals surface area contributed by atoms with Gasteiger partial charge in [0.2, 0.25) is 0 Å². The Balaban J connectivity index is 1.87. The van der Waals surface area contributed by atoms with Crippen LogP contribution in [0.5, 0.6) is 0 Å². The number of aromatic nitrogens is 2. The first-order chi connectivity index (χ1) is 10.1. The molecule has 4 heteroatoms. The summed E-state index contributed by atoms with van der Waals surface area (Å²) < 4.78 is 13.6. The van der Waals surface area contributed by atoms with Crippen molar-refractivity contribution in [3.8, 4) is 0 Å². The predicted molar refractivity (Wildman–Crippen MR) is 82.7 cm³/mol. The molecule has 3 rings (SSSR count). The molecule has 1 aromatic heterocycles. The molecule has 0 spiro atoms. The van der Waals surface area contributed by atoms with E-state index in [0.717, 1.165) is 22.2 Å². The third kappa shape index (κ3) is 2.70. The van der Waals surface area contributed by atoms with E-state index in [1.807, 2.05) is 36.4 Å². The number of hydrogen-bond acceptors (Lipinski definition) is 3. The fourth-order valence-corrected chi connectivity index (χ4v) is 2.48. The van der Waals surface area contributed by atoms with Crippen molar-refractivity contribution in [2.45, 2.75) is 20.4 Å². The number of nitrogens with zero attached hydrogens (tertiary/aromatic N) is 2. The molecule has 0 atom stereocenters. The molecule has 0 saturated carbocycles. The monoisotopic (exact) mass is 281 g/mol. The van der Waals surface area contributed by atoms with Crippen molar-refractivity contribution in [3.63, 3.8) is 0 Å². The highest BCUT2D eigenvalue weighted by Crippen LogP contribution is 2.21. The van der Waals surface area contributed by atoms with E-state index in [1.165, 1.54) is 0 Å². The van der Waals surface area contributed by atoms with E-state index in [0.29, 0.717) is 17.7 Å². The summed E-state index contributed by atoms with van der Waals surface area (Å²) in [6.07, 6.45) is 1.74. The molecule has 1 N–H and O–H groups in total. The van der Waals surface area contributed by atoms with Crippen molar-refractivity contribution >= 4 is 16.6 Å². The van der Waals surface area contributed by atoms with Gasteiger partial charge in [-0.25, -0.2) is 4.39 Å². The zero-order chi connectivity index (χ0) is 14.8. The first-order valence-corrected chi connectivity index (χ1v) is 6.85. The Bertz CT molecular complexity index is 771. The van der Waals surface area contributed by atoms with Crippen LogP contribution in [0.2, 0.25) is 0 Å².